The molecule has 1 atom stereocenters. The standard InChI is InChI=1S/C28H32N2O3/c1-20-9-7-8-12-23(20)19-30-14-13-22-16-26(32-2)27(33-3)17-24(22)25(30)18-29-28(31)15-21-10-5-4-6-11-21/h4-12,16-17,25H,13-15,18-19H2,1-3H3,(H,29,31). The monoisotopic (exact) mass is 444 g/mol. The molecule has 4 rings (SSSR count). The number of nitrogens with one attached hydrogen (secondary N) is 1. The van der Waals surface area contributed by atoms with Crippen molar-refractivity contribution in [1.82, 2.24) is 10.2 Å². The molecule has 0 fully saturated rings. The lowest BCUT2D eigenvalue weighted by Crippen LogP contribution is -2.42. The van der Waals surface area contributed by atoms with Gasteiger partial charge >= 0.3 is 0 Å². The number of aryl methyl sites for hydroxylation is 1. The molecule has 33 heavy (non-hydrogen) atoms. The van der Waals surface area contributed by atoms with E-state index in [4.69, 9.17) is 9.47 Å². The highest BCUT2D eigenvalue weighted by Gasteiger charge is 2.29. The summed E-state index contributed by atoms with van der Waals surface area (Å²) < 4.78 is 11.1. The highest BCUT2D eigenvalue weighted by atomic mass is 16.5. The van der Waals surface area contributed by atoms with E-state index in [1.807, 2.05) is 30.3 Å². The first-order valence-electron chi connectivity index (χ1n) is 11.4. The van der Waals surface area contributed by atoms with E-state index in [1.165, 1.54) is 22.3 Å². The fourth-order valence-electron chi connectivity index (χ4n) is 4.57. The van der Waals surface area contributed by atoms with Crippen molar-refractivity contribution in [2.45, 2.75) is 32.4 Å². The normalized spacial score (nSPS) is 15.5. The van der Waals surface area contributed by atoms with Crippen LogP contribution in [0.25, 0.3) is 0 Å². The first kappa shape index (κ1) is 22.9. The Bertz CT molecular complexity index is 1100. The van der Waals surface area contributed by atoms with E-state index < -0.39 is 0 Å². The Kier molecular flexibility index (Phi) is 7.30. The second kappa shape index (κ2) is 10.5. The van der Waals surface area contributed by atoms with E-state index in [-0.39, 0.29) is 11.9 Å². The predicted octanol–water partition coefficient (Wildman–Crippen LogP) is 4.47. The van der Waals surface area contributed by atoms with E-state index in [0.29, 0.717) is 13.0 Å². The van der Waals surface area contributed by atoms with Crippen LogP contribution in [-0.4, -0.2) is 38.1 Å². The summed E-state index contributed by atoms with van der Waals surface area (Å²) in [4.78, 5) is 15.2. The summed E-state index contributed by atoms with van der Waals surface area (Å²) in [6.45, 7) is 4.44. The molecule has 0 saturated carbocycles. The van der Waals surface area contributed by atoms with E-state index in [9.17, 15) is 4.79 Å². The molecule has 1 heterocycles. The van der Waals surface area contributed by atoms with Gasteiger partial charge in [0.25, 0.3) is 0 Å². The van der Waals surface area contributed by atoms with Gasteiger partial charge in [-0.25, -0.2) is 0 Å². The highest BCUT2D eigenvalue weighted by Crippen LogP contribution is 2.38. The van der Waals surface area contributed by atoms with Gasteiger partial charge < -0.3 is 14.8 Å². The topological polar surface area (TPSA) is 50.8 Å². The Labute approximate surface area is 196 Å². The van der Waals surface area contributed by atoms with Gasteiger partial charge in [0.05, 0.1) is 26.7 Å². The maximum absolute atomic E-state index is 12.7. The summed E-state index contributed by atoms with van der Waals surface area (Å²) >= 11 is 0. The second-order valence-corrected chi connectivity index (χ2v) is 8.54. The van der Waals surface area contributed by atoms with Crippen molar-refractivity contribution in [1.29, 1.82) is 0 Å². The number of benzene rings is 3. The van der Waals surface area contributed by atoms with E-state index in [1.54, 1.807) is 14.2 Å². The number of rotatable bonds is 8. The molecule has 5 heteroatoms. The number of amides is 1. The first-order valence-corrected chi connectivity index (χ1v) is 11.4. The third kappa shape index (κ3) is 5.37. The van der Waals surface area contributed by atoms with Gasteiger partial charge in [-0.15, -0.1) is 0 Å². The van der Waals surface area contributed by atoms with E-state index in [0.717, 1.165) is 36.6 Å². The van der Waals surface area contributed by atoms with Crippen LogP contribution in [0.4, 0.5) is 0 Å². The molecule has 0 bridgehead atoms. The van der Waals surface area contributed by atoms with Crippen LogP contribution in [-0.2, 0) is 24.2 Å². The molecule has 1 N–H and O–H groups in total. The first-order chi connectivity index (χ1) is 16.1. The zero-order valence-electron chi connectivity index (χ0n) is 19.6. The van der Waals surface area contributed by atoms with Crippen molar-refractivity contribution in [2.24, 2.45) is 0 Å². The van der Waals surface area contributed by atoms with Crippen LogP contribution in [0.5, 0.6) is 11.5 Å². The zero-order chi connectivity index (χ0) is 23.2. The average Bonchev–Trinajstić information content (AvgIpc) is 2.84. The van der Waals surface area contributed by atoms with Crippen LogP contribution in [0.15, 0.2) is 66.7 Å². The number of nitrogens with zero attached hydrogens (tertiary/aromatic N) is 1. The van der Waals surface area contributed by atoms with Crippen molar-refractivity contribution >= 4 is 5.91 Å². The van der Waals surface area contributed by atoms with E-state index >= 15 is 0 Å². The fraction of sp³-hybridized carbons (Fsp3) is 0.321. The molecule has 0 spiro atoms. The fourth-order valence-corrected chi connectivity index (χ4v) is 4.57. The lowest BCUT2D eigenvalue weighted by atomic mass is 9.91. The minimum absolute atomic E-state index is 0.0321. The van der Waals surface area contributed by atoms with Gasteiger partial charge in [0.15, 0.2) is 11.5 Å². The number of ether oxygens (including phenoxy) is 2. The Hall–Kier alpha value is -3.31. The molecule has 0 radical (unpaired) electrons. The van der Waals surface area contributed by atoms with Gasteiger partial charge in [-0.05, 0) is 53.3 Å². The molecule has 3 aromatic rings. The van der Waals surface area contributed by atoms with Crippen molar-refractivity contribution in [3.63, 3.8) is 0 Å². The average molecular weight is 445 g/mol. The molecule has 0 aliphatic carbocycles. The Morgan fingerprint density at radius 3 is 2.42 bits per heavy atom. The summed E-state index contributed by atoms with van der Waals surface area (Å²) in [5, 5.41) is 3.19. The quantitative estimate of drug-likeness (QED) is 0.557. The summed E-state index contributed by atoms with van der Waals surface area (Å²) in [6, 6.07) is 22.6. The molecule has 1 unspecified atom stereocenters. The number of hydrogen-bond acceptors (Lipinski definition) is 4. The summed E-state index contributed by atoms with van der Waals surface area (Å²) in [5.74, 6) is 1.50. The highest BCUT2D eigenvalue weighted by molar-refractivity contribution is 5.78. The zero-order valence-corrected chi connectivity index (χ0v) is 19.6. The molecule has 3 aromatic carbocycles. The summed E-state index contributed by atoms with van der Waals surface area (Å²) in [7, 11) is 3.33. The van der Waals surface area contributed by atoms with Gasteiger partial charge in [-0.1, -0.05) is 54.6 Å². The van der Waals surface area contributed by atoms with Crippen molar-refractivity contribution in [3.8, 4) is 11.5 Å². The van der Waals surface area contributed by atoms with E-state index in [2.05, 4.69) is 53.5 Å². The summed E-state index contributed by atoms with van der Waals surface area (Å²) in [6.07, 6.45) is 1.31. The second-order valence-electron chi connectivity index (χ2n) is 8.54. The van der Waals surface area contributed by atoms with Crippen LogP contribution >= 0.6 is 0 Å². The molecular weight excluding hydrogens is 412 g/mol. The van der Waals surface area contributed by atoms with Crippen molar-refractivity contribution in [2.75, 3.05) is 27.3 Å². The molecule has 172 valence electrons. The Morgan fingerprint density at radius 1 is 1.00 bits per heavy atom. The SMILES string of the molecule is COc1cc2c(cc1OC)C(CNC(=O)Cc1ccccc1)N(Cc1ccccc1C)CC2. The minimum atomic E-state index is 0.0321. The lowest BCUT2D eigenvalue weighted by molar-refractivity contribution is -0.120. The number of methoxy groups -OCH3 is 2. The molecule has 1 amide bonds. The molecule has 1 aliphatic rings. The maximum atomic E-state index is 12.7. The number of carbonyl (C=O) groups is 1. The minimum Gasteiger partial charge on any atom is -0.493 e. The van der Waals surface area contributed by atoms with Crippen LogP contribution in [0, 0.1) is 6.92 Å². The van der Waals surface area contributed by atoms with Gasteiger partial charge in [0.1, 0.15) is 0 Å². The largest absolute Gasteiger partial charge is 0.493 e. The smallest absolute Gasteiger partial charge is 0.224 e. The molecule has 0 aromatic heterocycles. The Balaban J connectivity index is 1.59. The lowest BCUT2D eigenvalue weighted by Gasteiger charge is -2.38. The van der Waals surface area contributed by atoms with Crippen molar-refractivity contribution in [3.05, 3.63) is 94.5 Å². The Morgan fingerprint density at radius 2 is 1.70 bits per heavy atom. The van der Waals surface area contributed by atoms with Gasteiger partial charge in [0.2, 0.25) is 5.91 Å². The maximum Gasteiger partial charge on any atom is 0.224 e. The number of fused-ring (bicyclic) bond motifs is 1. The van der Waals surface area contributed by atoms with Gasteiger partial charge in [0, 0.05) is 19.6 Å². The number of carbonyl (C=O) groups excluding carboxylic acids is 1. The third-order valence-electron chi connectivity index (χ3n) is 6.45. The van der Waals surface area contributed by atoms with Crippen molar-refractivity contribution < 1.29 is 14.3 Å². The van der Waals surface area contributed by atoms with Crippen LogP contribution in [0.1, 0.15) is 33.9 Å². The predicted molar refractivity (Wildman–Crippen MR) is 131 cm³/mol. The van der Waals surface area contributed by atoms with Gasteiger partial charge in [-0.3, -0.25) is 9.69 Å². The van der Waals surface area contributed by atoms with Crippen LogP contribution in [0.2, 0.25) is 0 Å². The molecule has 5 nitrogen and oxygen atoms in total. The van der Waals surface area contributed by atoms with Crippen LogP contribution < -0.4 is 14.8 Å². The molecule has 0 saturated heterocycles. The summed E-state index contributed by atoms with van der Waals surface area (Å²) in [5.41, 5.74) is 6.04. The molecular formula is C28H32N2O3. The number of hydrogen-bond donors (Lipinski definition) is 1. The third-order valence-corrected chi connectivity index (χ3v) is 6.45. The van der Waals surface area contributed by atoms with Gasteiger partial charge in [-0.2, -0.15) is 0 Å². The van der Waals surface area contributed by atoms with Crippen LogP contribution in [0.3, 0.4) is 0 Å². The molecule has 1 aliphatic heterocycles.